The first-order chi connectivity index (χ1) is 14.0. The molecule has 0 fully saturated rings. The Labute approximate surface area is 173 Å². The van der Waals surface area contributed by atoms with E-state index in [2.05, 4.69) is 15.3 Å². The number of hydrogen-bond acceptors (Lipinski definition) is 7. The largest absolute Gasteiger partial charge is 0.394 e. The van der Waals surface area contributed by atoms with E-state index in [1.54, 1.807) is 4.08 Å². The van der Waals surface area contributed by atoms with Crippen molar-refractivity contribution in [3.8, 4) is 0 Å². The monoisotopic (exact) mass is 527 g/mol. The minimum atomic E-state index is -1.45. The molecule has 0 bridgehead atoms. The fourth-order valence-corrected chi connectivity index (χ4v) is 3.44. The highest BCUT2D eigenvalue weighted by Gasteiger charge is 2.23. The molecule has 1 heterocycles. The van der Waals surface area contributed by atoms with Crippen molar-refractivity contribution in [2.75, 3.05) is 31.7 Å². The van der Waals surface area contributed by atoms with Crippen molar-refractivity contribution in [3.63, 3.8) is 0 Å². The Morgan fingerprint density at radius 2 is 1.97 bits per heavy atom. The predicted molar refractivity (Wildman–Crippen MR) is 108 cm³/mol. The second-order valence-electron chi connectivity index (χ2n) is 5.23. The minimum Gasteiger partial charge on any atom is -0.394 e. The van der Waals surface area contributed by atoms with Gasteiger partial charge in [-0.25, -0.2) is 18.7 Å². The van der Waals surface area contributed by atoms with E-state index in [1.165, 1.54) is 10.1 Å². The normalized spacial score (nSPS) is 13.6. The molecule has 1 aliphatic rings. The van der Waals surface area contributed by atoms with Crippen LogP contribution in [0.2, 0.25) is 0 Å². The second kappa shape index (κ2) is 11.6. The number of rotatable bonds is 10. The standard InChI is InChI=1S/C17H17F3IN3O5/c18-12-8-21-2-1-13(12)23-16-11(17(27)24-29-6-4-26)7-10(14(19)15(16)20)9-22-28-5-3-25/h1-2,7-9,23,25-26H,3-6H2,(H,24,27)/b22-9+. The van der Waals surface area contributed by atoms with Crippen LogP contribution in [0.25, 0.3) is 0 Å². The van der Waals surface area contributed by atoms with Gasteiger partial charge in [-0.1, -0.05) is 25.9 Å². The van der Waals surface area contributed by atoms with Crippen LogP contribution in [0.15, 0.2) is 32.9 Å². The van der Waals surface area contributed by atoms with Crippen LogP contribution in [0.3, 0.4) is 0 Å². The van der Waals surface area contributed by atoms with Crippen LogP contribution in [0.5, 0.6) is 0 Å². The highest BCUT2D eigenvalue weighted by Crippen LogP contribution is 2.29. The van der Waals surface area contributed by atoms with E-state index >= 15 is 0 Å². The van der Waals surface area contributed by atoms with E-state index in [1.807, 2.05) is 5.48 Å². The third kappa shape index (κ3) is 6.35. The van der Waals surface area contributed by atoms with Crippen LogP contribution in [-0.4, -0.2) is 52.8 Å². The number of nitrogens with one attached hydrogen (secondary N) is 2. The number of halogens is 4. The average molecular weight is 527 g/mol. The number of allylic oxidation sites excluding steroid dienone is 2. The number of benzene rings is 1. The lowest BCUT2D eigenvalue weighted by Gasteiger charge is -2.16. The van der Waals surface area contributed by atoms with Crippen molar-refractivity contribution in [2.45, 2.75) is 0 Å². The number of carbonyl (C=O) groups is 1. The molecule has 1 aromatic carbocycles. The van der Waals surface area contributed by atoms with Gasteiger partial charge in [-0.2, -0.15) is 0 Å². The maximum absolute atomic E-state index is 14.7. The van der Waals surface area contributed by atoms with Crippen LogP contribution < -0.4 is 10.8 Å². The van der Waals surface area contributed by atoms with E-state index in [-0.39, 0.29) is 32.1 Å². The number of aliphatic hydroxyl groups excluding tert-OH is 2. The van der Waals surface area contributed by atoms with Gasteiger partial charge in [0.15, 0.2) is 17.5 Å². The van der Waals surface area contributed by atoms with Gasteiger partial charge in [0.25, 0.3) is 5.91 Å². The van der Waals surface area contributed by atoms with Crippen LogP contribution >= 0.6 is 20.7 Å². The van der Waals surface area contributed by atoms with Gasteiger partial charge in [0, 0.05) is 9.58 Å². The van der Waals surface area contributed by atoms with Crippen molar-refractivity contribution in [1.82, 2.24) is 5.48 Å². The number of nitrogens with zero attached hydrogens (tertiary/aromatic N) is 1. The zero-order chi connectivity index (χ0) is 21.2. The molecule has 0 unspecified atom stereocenters. The molecule has 2 rings (SSSR count). The molecule has 0 radical (unpaired) electrons. The molecule has 158 valence electrons. The van der Waals surface area contributed by atoms with Gasteiger partial charge in [-0.15, -0.1) is 0 Å². The fourth-order valence-electron chi connectivity index (χ4n) is 2.01. The minimum absolute atomic E-state index is 0.132. The molecule has 1 aromatic rings. The first-order valence-corrected chi connectivity index (χ1v) is 10.6. The SMILES string of the molecule is O=C(NOCCO)c1cc(/C=N/OCCO)c(F)c(F)c1NC1=C(F)C=IC=C1. The number of hydroxylamine groups is 1. The summed E-state index contributed by atoms with van der Waals surface area (Å²) in [6.07, 6.45) is 2.20. The molecule has 8 nitrogen and oxygen atoms in total. The van der Waals surface area contributed by atoms with Gasteiger partial charge in [-0.3, -0.25) is 9.63 Å². The number of aliphatic hydroxyl groups is 2. The molecular weight excluding hydrogens is 510 g/mol. The van der Waals surface area contributed by atoms with Crippen molar-refractivity contribution in [3.05, 3.63) is 50.5 Å². The lowest BCUT2D eigenvalue weighted by Crippen LogP contribution is -2.27. The Balaban J connectivity index is 2.44. The molecule has 12 heteroatoms. The van der Waals surface area contributed by atoms with Gasteiger partial charge in [0.1, 0.15) is 6.61 Å². The van der Waals surface area contributed by atoms with Crippen LogP contribution in [0, 0.1) is 11.6 Å². The zero-order valence-corrected chi connectivity index (χ0v) is 17.0. The van der Waals surface area contributed by atoms with Gasteiger partial charge >= 0.3 is 0 Å². The summed E-state index contributed by atoms with van der Waals surface area (Å²) in [6.45, 7) is -1.12. The Morgan fingerprint density at radius 1 is 1.21 bits per heavy atom. The number of carbonyl (C=O) groups excluding carboxylic acids is 1. The zero-order valence-electron chi connectivity index (χ0n) is 14.8. The summed E-state index contributed by atoms with van der Waals surface area (Å²) in [4.78, 5) is 21.7. The molecule has 0 saturated heterocycles. The predicted octanol–water partition coefficient (Wildman–Crippen LogP) is 1.85. The maximum Gasteiger partial charge on any atom is 0.277 e. The average Bonchev–Trinajstić information content (AvgIpc) is 2.71. The number of hydrogen-bond donors (Lipinski definition) is 4. The third-order valence-electron chi connectivity index (χ3n) is 3.26. The van der Waals surface area contributed by atoms with E-state index in [9.17, 15) is 18.0 Å². The van der Waals surface area contributed by atoms with Crippen molar-refractivity contribution in [2.24, 2.45) is 5.16 Å². The summed E-state index contributed by atoms with van der Waals surface area (Å²) in [5.74, 6) is -4.42. The quantitative estimate of drug-likeness (QED) is 0.160. The molecular formula is C17H17F3IN3O5. The Morgan fingerprint density at radius 3 is 2.66 bits per heavy atom. The van der Waals surface area contributed by atoms with Gasteiger partial charge in [-0.05, 0) is 16.2 Å². The molecule has 0 atom stereocenters. The van der Waals surface area contributed by atoms with E-state index in [0.717, 1.165) is 12.3 Å². The van der Waals surface area contributed by atoms with E-state index in [0.29, 0.717) is 0 Å². The van der Waals surface area contributed by atoms with Crippen molar-refractivity contribution in [1.29, 1.82) is 0 Å². The molecule has 0 saturated carbocycles. The maximum atomic E-state index is 14.7. The van der Waals surface area contributed by atoms with E-state index < -0.39 is 60.9 Å². The summed E-state index contributed by atoms with van der Waals surface area (Å²) in [7, 11) is 0. The van der Waals surface area contributed by atoms with E-state index in [4.69, 9.17) is 15.1 Å². The smallest absolute Gasteiger partial charge is 0.277 e. The lowest BCUT2D eigenvalue weighted by atomic mass is 10.1. The Bertz CT molecular complexity index is 874. The number of anilines is 1. The third-order valence-corrected chi connectivity index (χ3v) is 4.95. The molecule has 4 N–H and O–H groups in total. The molecule has 0 aromatic heterocycles. The molecule has 1 aliphatic heterocycles. The van der Waals surface area contributed by atoms with Crippen LogP contribution in [-0.2, 0) is 9.68 Å². The van der Waals surface area contributed by atoms with Crippen LogP contribution in [0.1, 0.15) is 15.9 Å². The van der Waals surface area contributed by atoms with Crippen molar-refractivity contribution < 1.29 is 37.9 Å². The summed E-state index contributed by atoms with van der Waals surface area (Å²) in [5.41, 5.74) is 0.403. The highest BCUT2D eigenvalue weighted by atomic mass is 127. The lowest BCUT2D eigenvalue weighted by molar-refractivity contribution is 0.0168. The Kier molecular flexibility index (Phi) is 9.24. The van der Waals surface area contributed by atoms with Gasteiger partial charge in [0.05, 0.1) is 43.0 Å². The van der Waals surface area contributed by atoms with Gasteiger partial charge < -0.3 is 20.4 Å². The number of amides is 1. The van der Waals surface area contributed by atoms with Gasteiger partial charge in [0.2, 0.25) is 0 Å². The Hall–Kier alpha value is -2.29. The summed E-state index contributed by atoms with van der Waals surface area (Å²) in [6, 6.07) is 0.964. The molecule has 0 spiro atoms. The summed E-state index contributed by atoms with van der Waals surface area (Å²) in [5, 5.41) is 23.1. The molecule has 29 heavy (non-hydrogen) atoms. The topological polar surface area (TPSA) is 112 Å². The summed E-state index contributed by atoms with van der Waals surface area (Å²) >= 11 is -0.609. The van der Waals surface area contributed by atoms with Crippen LogP contribution in [0.4, 0.5) is 18.9 Å². The van der Waals surface area contributed by atoms with Crippen molar-refractivity contribution >= 4 is 42.6 Å². The summed E-state index contributed by atoms with van der Waals surface area (Å²) < 4.78 is 46.2. The fraction of sp³-hybridized carbons (Fsp3) is 0.235. The first kappa shape index (κ1) is 23.0. The molecule has 0 aliphatic carbocycles. The second-order valence-corrected chi connectivity index (χ2v) is 7.29. The first-order valence-electron chi connectivity index (χ1n) is 8.09. The highest BCUT2D eigenvalue weighted by molar-refractivity contribution is 14.2. The number of oxime groups is 1. The molecule has 1 amide bonds.